The van der Waals surface area contributed by atoms with Crippen LogP contribution in [0.4, 0.5) is 20.5 Å². The van der Waals surface area contributed by atoms with Crippen LogP contribution in [0.1, 0.15) is 39.6 Å². The van der Waals surface area contributed by atoms with E-state index in [9.17, 15) is 13.6 Å². The van der Waals surface area contributed by atoms with E-state index in [1.807, 2.05) is 25.1 Å². The Kier molecular flexibility index (Phi) is 5.94. The van der Waals surface area contributed by atoms with Crippen molar-refractivity contribution in [3.05, 3.63) is 65.1 Å². The van der Waals surface area contributed by atoms with Gasteiger partial charge in [-0.3, -0.25) is 4.79 Å². The molecule has 0 aliphatic carbocycles. The number of nitrogen functional groups attached to an aromatic ring is 1. The van der Waals surface area contributed by atoms with E-state index in [4.69, 9.17) is 5.73 Å². The smallest absolute Gasteiger partial charge is 0.291 e. The van der Waals surface area contributed by atoms with Crippen molar-refractivity contribution < 1.29 is 13.6 Å². The number of alkyl halides is 2. The molecule has 1 aromatic carbocycles. The highest BCUT2D eigenvalue weighted by atomic mass is 19.3. The summed E-state index contributed by atoms with van der Waals surface area (Å²) in [6.45, 7) is 4.14. The van der Waals surface area contributed by atoms with E-state index in [1.54, 1.807) is 30.2 Å². The molecule has 0 spiro atoms. The Bertz CT molecular complexity index is 1440. The van der Waals surface area contributed by atoms with Crippen LogP contribution in [0.3, 0.4) is 0 Å². The molecule has 36 heavy (non-hydrogen) atoms. The molecule has 0 radical (unpaired) electrons. The van der Waals surface area contributed by atoms with Gasteiger partial charge in [0.05, 0.1) is 13.1 Å². The van der Waals surface area contributed by atoms with Gasteiger partial charge in [0.15, 0.2) is 0 Å². The molecule has 12 heteroatoms. The Morgan fingerprint density at radius 2 is 1.97 bits per heavy atom. The molecular formula is C24H25F2N9O. The van der Waals surface area contributed by atoms with Crippen molar-refractivity contribution in [1.29, 1.82) is 0 Å². The average Bonchev–Trinajstić information content (AvgIpc) is 3.40. The summed E-state index contributed by atoms with van der Waals surface area (Å²) >= 11 is 0. The first-order valence-corrected chi connectivity index (χ1v) is 11.5. The second-order valence-electron chi connectivity index (χ2n) is 8.94. The van der Waals surface area contributed by atoms with Gasteiger partial charge in [0.2, 0.25) is 11.8 Å². The third kappa shape index (κ3) is 4.79. The van der Waals surface area contributed by atoms with E-state index in [0.717, 1.165) is 21.9 Å². The number of hydrogen-bond acceptors (Lipinski definition) is 8. The van der Waals surface area contributed by atoms with E-state index >= 15 is 0 Å². The number of carbonyl (C=O) groups is 1. The van der Waals surface area contributed by atoms with Crippen LogP contribution in [0.2, 0.25) is 0 Å². The molecule has 0 atom stereocenters. The normalized spacial score (nSPS) is 14.9. The zero-order valence-electron chi connectivity index (χ0n) is 19.9. The van der Waals surface area contributed by atoms with Crippen molar-refractivity contribution in [2.75, 3.05) is 23.7 Å². The monoisotopic (exact) mass is 493 g/mol. The molecule has 0 bridgehead atoms. The summed E-state index contributed by atoms with van der Waals surface area (Å²) in [6, 6.07) is 5.81. The molecule has 3 N–H and O–H groups in total. The van der Waals surface area contributed by atoms with Crippen LogP contribution in [-0.2, 0) is 13.1 Å². The third-order valence-electron chi connectivity index (χ3n) is 6.23. The number of nitrogens with one attached hydrogen (secondary N) is 1. The molecule has 1 amide bonds. The highest BCUT2D eigenvalue weighted by molar-refractivity contribution is 5.92. The largest absolute Gasteiger partial charge is 0.383 e. The van der Waals surface area contributed by atoms with Crippen LogP contribution in [0.5, 0.6) is 0 Å². The molecule has 4 aromatic rings. The summed E-state index contributed by atoms with van der Waals surface area (Å²) in [5.41, 5.74) is 8.60. The second-order valence-corrected chi connectivity index (χ2v) is 8.94. The summed E-state index contributed by atoms with van der Waals surface area (Å²) in [4.78, 5) is 31.0. The molecule has 1 fully saturated rings. The number of pyridine rings is 1. The van der Waals surface area contributed by atoms with E-state index in [2.05, 4.69) is 30.4 Å². The Morgan fingerprint density at radius 3 is 2.69 bits per heavy atom. The minimum absolute atomic E-state index is 0.0521. The lowest BCUT2D eigenvalue weighted by Crippen LogP contribution is -2.26. The number of fused-ring (bicyclic) bond motifs is 1. The van der Waals surface area contributed by atoms with Gasteiger partial charge in [-0.1, -0.05) is 0 Å². The van der Waals surface area contributed by atoms with Crippen molar-refractivity contribution in [2.45, 2.75) is 39.3 Å². The molecule has 0 saturated carbocycles. The topological polar surface area (TPSA) is 128 Å². The van der Waals surface area contributed by atoms with Crippen molar-refractivity contribution >= 4 is 28.4 Å². The fourth-order valence-corrected chi connectivity index (χ4v) is 4.18. The average molecular weight is 494 g/mol. The summed E-state index contributed by atoms with van der Waals surface area (Å²) in [6.07, 6.45) is 4.60. The highest BCUT2D eigenvalue weighted by Crippen LogP contribution is 2.29. The van der Waals surface area contributed by atoms with Gasteiger partial charge in [0, 0.05) is 49.1 Å². The fourth-order valence-electron chi connectivity index (χ4n) is 4.18. The number of benzene rings is 1. The Morgan fingerprint density at radius 1 is 1.19 bits per heavy atom. The van der Waals surface area contributed by atoms with Crippen molar-refractivity contribution in [2.24, 2.45) is 0 Å². The summed E-state index contributed by atoms with van der Waals surface area (Å²) in [7, 11) is 0. The molecule has 1 aliphatic rings. The maximum absolute atomic E-state index is 13.5. The lowest BCUT2D eigenvalue weighted by Gasteiger charge is -2.15. The molecule has 186 valence electrons. The Balaban J connectivity index is 1.23. The van der Waals surface area contributed by atoms with Crippen molar-refractivity contribution in [3.8, 4) is 0 Å². The molecule has 1 saturated heterocycles. The van der Waals surface area contributed by atoms with Crippen LogP contribution in [0, 0.1) is 13.8 Å². The quantitative estimate of drug-likeness (QED) is 0.420. The number of hydrogen-bond donors (Lipinski definition) is 2. The van der Waals surface area contributed by atoms with Gasteiger partial charge in [0.1, 0.15) is 11.6 Å². The van der Waals surface area contributed by atoms with Crippen LogP contribution in [0.25, 0.3) is 10.8 Å². The number of carbonyl (C=O) groups excluding carboxylic acids is 1. The van der Waals surface area contributed by atoms with E-state index in [-0.39, 0.29) is 31.3 Å². The first kappa shape index (κ1) is 23.5. The van der Waals surface area contributed by atoms with Gasteiger partial charge >= 0.3 is 0 Å². The number of nitrogens with zero attached hydrogens (tertiary/aromatic N) is 7. The maximum Gasteiger partial charge on any atom is 0.291 e. The predicted molar refractivity (Wildman–Crippen MR) is 130 cm³/mol. The Labute approximate surface area is 205 Å². The maximum atomic E-state index is 13.5. The Hall–Kier alpha value is -4.22. The lowest BCUT2D eigenvalue weighted by molar-refractivity contribution is 0.0256. The van der Waals surface area contributed by atoms with E-state index < -0.39 is 11.8 Å². The highest BCUT2D eigenvalue weighted by Gasteiger charge is 2.39. The minimum Gasteiger partial charge on any atom is -0.383 e. The molecular weight excluding hydrogens is 468 g/mol. The van der Waals surface area contributed by atoms with Gasteiger partial charge in [-0.2, -0.15) is 0 Å². The van der Waals surface area contributed by atoms with Crippen LogP contribution < -0.4 is 16.0 Å². The van der Waals surface area contributed by atoms with Gasteiger partial charge < -0.3 is 16.0 Å². The first-order chi connectivity index (χ1) is 17.2. The molecule has 0 unspecified atom stereocenters. The molecule has 1 aliphatic heterocycles. The lowest BCUT2D eigenvalue weighted by atomic mass is 10.0. The molecule has 5 rings (SSSR count). The number of rotatable bonds is 6. The van der Waals surface area contributed by atoms with Crippen molar-refractivity contribution in [1.82, 2.24) is 35.0 Å². The van der Waals surface area contributed by atoms with Crippen LogP contribution in [-0.4, -0.2) is 54.6 Å². The number of aromatic nitrogens is 6. The zero-order chi connectivity index (χ0) is 25.4. The van der Waals surface area contributed by atoms with Gasteiger partial charge in [-0.25, -0.2) is 33.4 Å². The van der Waals surface area contributed by atoms with Gasteiger partial charge in [0.25, 0.3) is 11.8 Å². The predicted octanol–water partition coefficient (Wildman–Crippen LogP) is 2.64. The zero-order valence-corrected chi connectivity index (χ0v) is 19.9. The molecule has 10 nitrogen and oxygen atoms in total. The number of nitrogens with two attached hydrogens (primary N) is 1. The van der Waals surface area contributed by atoms with Gasteiger partial charge in [-0.15, -0.1) is 5.10 Å². The summed E-state index contributed by atoms with van der Waals surface area (Å²) < 4.78 is 28.5. The standard InChI is InChI=1S/C24H25F2N9O/c1-14-7-19-17(3-5-28-20(19)27)8-18(14)11-29-22(36)21-32-15(2)35(33-21)12-16-9-30-23(31-10-16)34-6-4-24(25,26)13-34/h3,5,7-10H,4,6,11-13H2,1-2H3,(H2,27,28)(H,29,36). The van der Waals surface area contributed by atoms with Crippen LogP contribution in [0.15, 0.2) is 36.8 Å². The first-order valence-electron chi connectivity index (χ1n) is 11.5. The second kappa shape index (κ2) is 9.10. The van der Waals surface area contributed by atoms with Crippen LogP contribution >= 0.6 is 0 Å². The van der Waals surface area contributed by atoms with Gasteiger partial charge in [-0.05, 0) is 48.6 Å². The summed E-state index contributed by atoms with van der Waals surface area (Å²) in [5, 5.41) is 9.01. The third-order valence-corrected chi connectivity index (χ3v) is 6.23. The SMILES string of the molecule is Cc1cc2c(N)nccc2cc1CNC(=O)c1nc(C)n(Cc2cnc(N3CCC(F)(F)C3)nc2)n1. The minimum atomic E-state index is -2.71. The summed E-state index contributed by atoms with van der Waals surface area (Å²) in [5.74, 6) is -1.77. The number of amides is 1. The van der Waals surface area contributed by atoms with Crippen molar-refractivity contribution in [3.63, 3.8) is 0 Å². The number of anilines is 2. The molecule has 4 heterocycles. The number of halogens is 2. The van der Waals surface area contributed by atoms with E-state index in [0.29, 0.717) is 30.3 Å². The number of aryl methyl sites for hydroxylation is 2. The fraction of sp³-hybridized carbons (Fsp3) is 0.333. The van der Waals surface area contributed by atoms with E-state index in [1.165, 1.54) is 4.90 Å². The molecule has 3 aromatic heterocycles.